The number of aliphatic hydroxyl groups is 1. The number of carbonyl (C=O) groups is 1. The maximum atomic E-state index is 12.0. The lowest BCUT2D eigenvalue weighted by Crippen LogP contribution is -2.51. The van der Waals surface area contributed by atoms with E-state index < -0.39 is 0 Å². The summed E-state index contributed by atoms with van der Waals surface area (Å²) in [5.41, 5.74) is 2.09. The standard InChI is InChI=1S/C26H40O2/c1-6-16(2)24(28)17(3)21-9-10-22-20-8-7-18-15-19(27)11-13-25(18,4)23(20)12-14-26(21,22)5/h6,15-17,20-24,28H,1,7-14H2,2-5H3/t16-,17-,20-,21+,22-,23-,24-,25-,26+/m0/s1. The molecule has 0 aromatic rings. The van der Waals surface area contributed by atoms with Gasteiger partial charge >= 0.3 is 0 Å². The molecule has 3 saturated carbocycles. The van der Waals surface area contributed by atoms with Crippen molar-refractivity contribution in [2.45, 2.75) is 85.2 Å². The molecule has 0 aromatic carbocycles. The van der Waals surface area contributed by atoms with Crippen molar-refractivity contribution in [2.24, 2.45) is 46.3 Å². The zero-order valence-electron chi connectivity index (χ0n) is 18.4. The molecule has 4 aliphatic rings. The first kappa shape index (κ1) is 20.4. The molecule has 0 radical (unpaired) electrons. The molecule has 4 aliphatic carbocycles. The molecule has 2 heteroatoms. The molecule has 0 aromatic heterocycles. The fourth-order valence-electron chi connectivity index (χ4n) is 8.32. The van der Waals surface area contributed by atoms with Crippen molar-refractivity contribution < 1.29 is 9.90 Å². The highest BCUT2D eigenvalue weighted by Gasteiger charge is 2.59. The monoisotopic (exact) mass is 384 g/mol. The normalized spacial score (nSPS) is 45.9. The highest BCUT2D eigenvalue weighted by molar-refractivity contribution is 5.91. The van der Waals surface area contributed by atoms with Gasteiger partial charge in [0.05, 0.1) is 6.10 Å². The highest BCUT2D eigenvalue weighted by Crippen LogP contribution is 2.67. The predicted octanol–water partition coefficient (Wildman–Crippen LogP) is 5.95. The Balaban J connectivity index is 1.58. The average Bonchev–Trinajstić information content (AvgIpc) is 3.04. The van der Waals surface area contributed by atoms with Gasteiger partial charge in [0, 0.05) is 6.42 Å². The van der Waals surface area contributed by atoms with E-state index in [1.54, 1.807) is 0 Å². The number of rotatable bonds is 4. The first-order chi connectivity index (χ1) is 13.2. The van der Waals surface area contributed by atoms with Crippen molar-refractivity contribution in [2.75, 3.05) is 0 Å². The van der Waals surface area contributed by atoms with Crippen LogP contribution < -0.4 is 0 Å². The Bertz CT molecular complexity index is 678. The third-order valence-corrected chi connectivity index (χ3v) is 10.1. The molecule has 3 fully saturated rings. The smallest absolute Gasteiger partial charge is 0.155 e. The van der Waals surface area contributed by atoms with Crippen molar-refractivity contribution in [3.05, 3.63) is 24.3 Å². The van der Waals surface area contributed by atoms with Crippen molar-refractivity contribution in [1.29, 1.82) is 0 Å². The predicted molar refractivity (Wildman–Crippen MR) is 115 cm³/mol. The Morgan fingerprint density at radius 3 is 2.57 bits per heavy atom. The van der Waals surface area contributed by atoms with Crippen LogP contribution in [-0.2, 0) is 4.79 Å². The molecule has 0 heterocycles. The van der Waals surface area contributed by atoms with E-state index in [1.165, 1.54) is 37.7 Å². The van der Waals surface area contributed by atoms with Gasteiger partial charge in [-0.3, -0.25) is 4.79 Å². The molecule has 9 atom stereocenters. The summed E-state index contributed by atoms with van der Waals surface area (Å²) in [7, 11) is 0. The maximum Gasteiger partial charge on any atom is 0.155 e. The second-order valence-electron chi connectivity index (χ2n) is 11.1. The summed E-state index contributed by atoms with van der Waals surface area (Å²) in [5, 5.41) is 10.9. The van der Waals surface area contributed by atoms with Crippen molar-refractivity contribution in [1.82, 2.24) is 0 Å². The molecule has 156 valence electrons. The van der Waals surface area contributed by atoms with Gasteiger partial charge in [-0.15, -0.1) is 6.58 Å². The van der Waals surface area contributed by atoms with Crippen molar-refractivity contribution >= 4 is 5.78 Å². The van der Waals surface area contributed by atoms with Gasteiger partial charge in [-0.2, -0.15) is 0 Å². The topological polar surface area (TPSA) is 37.3 Å². The van der Waals surface area contributed by atoms with Gasteiger partial charge in [-0.25, -0.2) is 0 Å². The Kier molecular flexibility index (Phi) is 5.18. The summed E-state index contributed by atoms with van der Waals surface area (Å²) in [6.45, 7) is 13.3. The Labute approximate surface area is 171 Å². The quantitative estimate of drug-likeness (QED) is 0.608. The zero-order valence-corrected chi connectivity index (χ0v) is 18.4. The van der Waals surface area contributed by atoms with Crippen LogP contribution in [0.3, 0.4) is 0 Å². The number of fused-ring (bicyclic) bond motifs is 5. The van der Waals surface area contributed by atoms with Gasteiger partial charge in [0.2, 0.25) is 0 Å². The first-order valence-electron chi connectivity index (χ1n) is 11.8. The van der Waals surface area contributed by atoms with Crippen molar-refractivity contribution in [3.8, 4) is 0 Å². The molecule has 0 bridgehead atoms. The highest BCUT2D eigenvalue weighted by atomic mass is 16.3. The minimum absolute atomic E-state index is 0.162. The van der Waals surface area contributed by atoms with Crippen LogP contribution in [0.4, 0.5) is 0 Å². The summed E-state index contributed by atoms with van der Waals surface area (Å²) in [4.78, 5) is 12.0. The SMILES string of the molecule is C=C[C@H](C)[C@H](O)[C@@H](C)[C@H]1CC[C@H]2[C@@H]3CCC4=CC(=O)CC[C@]4(C)[C@H]3CC[C@]12C. The largest absolute Gasteiger partial charge is 0.392 e. The third-order valence-electron chi connectivity index (χ3n) is 10.1. The summed E-state index contributed by atoms with van der Waals surface area (Å²) in [6.07, 6.45) is 13.1. The molecule has 0 saturated heterocycles. The zero-order chi connectivity index (χ0) is 20.3. The molecule has 0 aliphatic heterocycles. The molecule has 2 nitrogen and oxygen atoms in total. The number of hydrogen-bond acceptors (Lipinski definition) is 2. The second-order valence-corrected chi connectivity index (χ2v) is 11.1. The summed E-state index contributed by atoms with van der Waals surface area (Å²) in [6, 6.07) is 0. The van der Waals surface area contributed by atoms with Crippen LogP contribution in [0.25, 0.3) is 0 Å². The third kappa shape index (κ3) is 2.89. The maximum absolute atomic E-state index is 12.0. The Morgan fingerprint density at radius 2 is 1.86 bits per heavy atom. The minimum Gasteiger partial charge on any atom is -0.392 e. The van der Waals surface area contributed by atoms with E-state index >= 15 is 0 Å². The van der Waals surface area contributed by atoms with Crippen LogP contribution in [0.5, 0.6) is 0 Å². The van der Waals surface area contributed by atoms with E-state index in [2.05, 4.69) is 34.3 Å². The molecule has 4 rings (SSSR count). The molecule has 0 amide bonds. The molecule has 0 unspecified atom stereocenters. The molecular weight excluding hydrogens is 344 g/mol. The molecular formula is C26H40O2. The summed E-state index contributed by atoms with van der Waals surface area (Å²) < 4.78 is 0. The minimum atomic E-state index is -0.279. The van der Waals surface area contributed by atoms with Gasteiger partial charge in [0.25, 0.3) is 0 Å². The van der Waals surface area contributed by atoms with Crippen LogP contribution in [0.2, 0.25) is 0 Å². The number of allylic oxidation sites excluding steroid dienone is 1. The van der Waals surface area contributed by atoms with Gasteiger partial charge < -0.3 is 5.11 Å². The van der Waals surface area contributed by atoms with E-state index in [9.17, 15) is 9.90 Å². The number of ketones is 1. The van der Waals surface area contributed by atoms with E-state index in [4.69, 9.17) is 0 Å². The van der Waals surface area contributed by atoms with E-state index in [-0.39, 0.29) is 17.4 Å². The summed E-state index contributed by atoms with van der Waals surface area (Å²) >= 11 is 0. The number of carbonyl (C=O) groups excluding carboxylic acids is 1. The average molecular weight is 385 g/mol. The second kappa shape index (κ2) is 7.11. The summed E-state index contributed by atoms with van der Waals surface area (Å²) in [5.74, 6) is 3.82. The van der Waals surface area contributed by atoms with Gasteiger partial charge in [-0.1, -0.05) is 39.3 Å². The van der Waals surface area contributed by atoms with Crippen LogP contribution in [-0.4, -0.2) is 17.0 Å². The molecule has 0 spiro atoms. The first-order valence-corrected chi connectivity index (χ1v) is 11.8. The van der Waals surface area contributed by atoms with E-state index in [0.29, 0.717) is 23.0 Å². The van der Waals surface area contributed by atoms with E-state index in [0.717, 1.165) is 37.0 Å². The Hall–Kier alpha value is -0.890. The fraction of sp³-hybridized carbons (Fsp3) is 0.808. The van der Waals surface area contributed by atoms with Crippen LogP contribution >= 0.6 is 0 Å². The number of aliphatic hydroxyl groups excluding tert-OH is 1. The molecule has 28 heavy (non-hydrogen) atoms. The Morgan fingerprint density at radius 1 is 1.11 bits per heavy atom. The van der Waals surface area contributed by atoms with Crippen LogP contribution in [0.1, 0.15) is 79.1 Å². The van der Waals surface area contributed by atoms with Gasteiger partial charge in [-0.05, 0) is 97.4 Å². The van der Waals surface area contributed by atoms with Gasteiger partial charge in [0.1, 0.15) is 0 Å². The lowest BCUT2D eigenvalue weighted by molar-refractivity contribution is -0.117. The van der Waals surface area contributed by atoms with Crippen LogP contribution in [0, 0.1) is 46.3 Å². The van der Waals surface area contributed by atoms with Crippen LogP contribution in [0.15, 0.2) is 24.3 Å². The lowest BCUT2D eigenvalue weighted by Gasteiger charge is -2.58. The number of hydrogen-bond donors (Lipinski definition) is 1. The lowest BCUT2D eigenvalue weighted by atomic mass is 9.46. The fourth-order valence-corrected chi connectivity index (χ4v) is 8.32. The van der Waals surface area contributed by atoms with Crippen molar-refractivity contribution in [3.63, 3.8) is 0 Å². The van der Waals surface area contributed by atoms with E-state index in [1.807, 2.05) is 12.2 Å². The molecule has 1 N–H and O–H groups in total. The van der Waals surface area contributed by atoms with Gasteiger partial charge in [0.15, 0.2) is 5.78 Å².